The van der Waals surface area contributed by atoms with Gasteiger partial charge in [0.15, 0.2) is 11.9 Å². The van der Waals surface area contributed by atoms with Crippen molar-refractivity contribution in [2.75, 3.05) is 0 Å². The largest absolute Gasteiger partial charge is 0.479 e. The first kappa shape index (κ1) is 15.9. The maximum absolute atomic E-state index is 11.7. The van der Waals surface area contributed by atoms with Gasteiger partial charge in [0.1, 0.15) is 5.60 Å². The van der Waals surface area contributed by atoms with E-state index in [-0.39, 0.29) is 12.8 Å². The molecule has 0 bridgehead atoms. The molecule has 0 aromatic heterocycles. The minimum atomic E-state index is -1.05. The molecule has 0 saturated carbocycles. The van der Waals surface area contributed by atoms with E-state index in [9.17, 15) is 9.59 Å². The Morgan fingerprint density at radius 1 is 1.32 bits per heavy atom. The second-order valence-corrected chi connectivity index (χ2v) is 6.11. The molecule has 6 heteroatoms. The quantitative estimate of drug-likeness (QED) is 0.789. The van der Waals surface area contributed by atoms with Crippen LogP contribution < -0.4 is 0 Å². The van der Waals surface area contributed by atoms with E-state index in [1.165, 1.54) is 0 Å². The zero-order valence-corrected chi connectivity index (χ0v) is 12.1. The molecule has 0 amide bonds. The molecule has 6 nitrogen and oxygen atoms in total. The molecule has 0 aliphatic carbocycles. The first-order valence-electron chi connectivity index (χ1n) is 6.29. The number of aliphatic carboxylic acids is 1. The van der Waals surface area contributed by atoms with E-state index >= 15 is 0 Å². The molecule has 1 aliphatic heterocycles. The van der Waals surface area contributed by atoms with Crippen molar-refractivity contribution in [3.63, 3.8) is 0 Å². The summed E-state index contributed by atoms with van der Waals surface area (Å²) in [5.74, 6) is -2.47. The average Bonchev–Trinajstić information content (AvgIpc) is 2.10. The highest BCUT2D eigenvalue weighted by Crippen LogP contribution is 2.29. The number of carboxylic acid groups (broad SMARTS) is 1. The summed E-state index contributed by atoms with van der Waals surface area (Å²) in [6.45, 7) is 8.59. The van der Waals surface area contributed by atoms with E-state index in [0.29, 0.717) is 0 Å². The van der Waals surface area contributed by atoms with Crippen LogP contribution in [0.2, 0.25) is 0 Å². The molecule has 1 saturated heterocycles. The van der Waals surface area contributed by atoms with Crippen LogP contribution in [0.4, 0.5) is 0 Å². The summed E-state index contributed by atoms with van der Waals surface area (Å²) in [4.78, 5) is 22.7. The topological polar surface area (TPSA) is 82.1 Å². The second-order valence-electron chi connectivity index (χ2n) is 6.11. The summed E-state index contributed by atoms with van der Waals surface area (Å²) in [5, 5.41) is 9.01. The molecular weight excluding hydrogens is 252 g/mol. The molecule has 1 fully saturated rings. The van der Waals surface area contributed by atoms with E-state index in [4.69, 9.17) is 19.3 Å². The van der Waals surface area contributed by atoms with Gasteiger partial charge in [0.05, 0.1) is 12.5 Å². The number of carboxylic acids is 1. The Balaban J connectivity index is 2.62. The summed E-state index contributed by atoms with van der Waals surface area (Å²) < 4.78 is 16.0. The number of hydrogen-bond donors (Lipinski definition) is 1. The van der Waals surface area contributed by atoms with E-state index in [2.05, 4.69) is 0 Å². The molecule has 1 rings (SSSR count). The number of hydrogen-bond acceptors (Lipinski definition) is 5. The molecule has 110 valence electrons. The predicted octanol–water partition coefficient (Wildman–Crippen LogP) is 1.71. The first-order valence-corrected chi connectivity index (χ1v) is 6.29. The Bertz CT molecular complexity index is 355. The van der Waals surface area contributed by atoms with Crippen LogP contribution in [0.15, 0.2) is 0 Å². The summed E-state index contributed by atoms with van der Waals surface area (Å²) in [6, 6.07) is 0. The van der Waals surface area contributed by atoms with Crippen molar-refractivity contribution in [3.8, 4) is 0 Å². The fourth-order valence-corrected chi connectivity index (χ4v) is 1.95. The Morgan fingerprint density at radius 3 is 2.37 bits per heavy atom. The maximum Gasteiger partial charge on any atom is 0.333 e. The Hall–Kier alpha value is -1.14. The lowest BCUT2D eigenvalue weighted by atomic mass is 10.1. The van der Waals surface area contributed by atoms with Gasteiger partial charge in [0.25, 0.3) is 0 Å². The summed E-state index contributed by atoms with van der Waals surface area (Å²) >= 11 is 0. The standard InChI is InChI=1S/C13H22O6/c1-12(2,3)19-10(14)7-8-6-9(11(15)16)18-13(4,5)17-8/h8-9H,6-7H2,1-5H3,(H,15,16)/t8-,9+/m0/s1. The van der Waals surface area contributed by atoms with E-state index in [1.807, 2.05) is 0 Å². The maximum atomic E-state index is 11.7. The minimum Gasteiger partial charge on any atom is -0.479 e. The highest BCUT2D eigenvalue weighted by atomic mass is 16.7. The van der Waals surface area contributed by atoms with Crippen molar-refractivity contribution in [3.05, 3.63) is 0 Å². The molecule has 2 atom stereocenters. The van der Waals surface area contributed by atoms with Crippen molar-refractivity contribution in [1.29, 1.82) is 0 Å². The normalized spacial score (nSPS) is 26.8. The highest BCUT2D eigenvalue weighted by molar-refractivity contribution is 5.73. The number of carbonyl (C=O) groups is 2. The first-order chi connectivity index (χ1) is 8.48. The molecule has 1 N–H and O–H groups in total. The van der Waals surface area contributed by atoms with Crippen molar-refractivity contribution < 1.29 is 28.9 Å². The lowest BCUT2D eigenvalue weighted by molar-refractivity contribution is -0.297. The smallest absolute Gasteiger partial charge is 0.333 e. The van der Waals surface area contributed by atoms with Gasteiger partial charge in [-0.3, -0.25) is 4.79 Å². The second kappa shape index (κ2) is 5.46. The van der Waals surface area contributed by atoms with Gasteiger partial charge in [-0.1, -0.05) is 0 Å². The van der Waals surface area contributed by atoms with E-state index < -0.39 is 35.5 Å². The van der Waals surface area contributed by atoms with Crippen molar-refractivity contribution in [1.82, 2.24) is 0 Å². The van der Waals surface area contributed by atoms with Crippen LogP contribution in [0.5, 0.6) is 0 Å². The zero-order valence-electron chi connectivity index (χ0n) is 12.1. The number of rotatable bonds is 3. The highest BCUT2D eigenvalue weighted by Gasteiger charge is 2.40. The SMILES string of the molecule is CC(C)(C)OC(=O)C[C@@H]1C[C@H](C(=O)O)OC(C)(C)O1. The molecule has 0 spiro atoms. The fourth-order valence-electron chi connectivity index (χ4n) is 1.95. The lowest BCUT2D eigenvalue weighted by Crippen LogP contribution is -2.48. The monoisotopic (exact) mass is 274 g/mol. The summed E-state index contributed by atoms with van der Waals surface area (Å²) in [7, 11) is 0. The van der Waals surface area contributed by atoms with Crippen LogP contribution in [0.1, 0.15) is 47.5 Å². The van der Waals surface area contributed by atoms with Gasteiger partial charge in [0, 0.05) is 6.42 Å². The van der Waals surface area contributed by atoms with Crippen LogP contribution in [0.25, 0.3) is 0 Å². The lowest BCUT2D eigenvalue weighted by Gasteiger charge is -2.39. The average molecular weight is 274 g/mol. The van der Waals surface area contributed by atoms with Gasteiger partial charge in [-0.2, -0.15) is 0 Å². The predicted molar refractivity (Wildman–Crippen MR) is 66.5 cm³/mol. The molecule has 0 unspecified atom stereocenters. The Labute approximate surface area is 113 Å². The number of esters is 1. The van der Waals surface area contributed by atoms with Gasteiger partial charge in [-0.05, 0) is 34.6 Å². The van der Waals surface area contributed by atoms with Crippen LogP contribution >= 0.6 is 0 Å². The van der Waals surface area contributed by atoms with Gasteiger partial charge >= 0.3 is 11.9 Å². The van der Waals surface area contributed by atoms with E-state index in [1.54, 1.807) is 34.6 Å². The third-order valence-corrected chi connectivity index (χ3v) is 2.44. The van der Waals surface area contributed by atoms with Crippen LogP contribution in [-0.2, 0) is 23.8 Å². The van der Waals surface area contributed by atoms with E-state index in [0.717, 1.165) is 0 Å². The molecular formula is C13H22O6. The van der Waals surface area contributed by atoms with Crippen LogP contribution in [0.3, 0.4) is 0 Å². The van der Waals surface area contributed by atoms with Gasteiger partial charge in [-0.15, -0.1) is 0 Å². The third kappa shape index (κ3) is 5.57. The molecule has 19 heavy (non-hydrogen) atoms. The third-order valence-electron chi connectivity index (χ3n) is 2.44. The molecule has 0 aromatic carbocycles. The summed E-state index contributed by atoms with van der Waals surface area (Å²) in [6.07, 6.45) is -1.32. The van der Waals surface area contributed by atoms with Crippen LogP contribution in [-0.4, -0.2) is 40.6 Å². The van der Waals surface area contributed by atoms with Crippen LogP contribution in [0, 0.1) is 0 Å². The van der Waals surface area contributed by atoms with Crippen molar-refractivity contribution in [2.24, 2.45) is 0 Å². The molecule has 1 aliphatic rings. The summed E-state index contributed by atoms with van der Waals surface area (Å²) in [5.41, 5.74) is -0.566. The zero-order chi connectivity index (χ0) is 14.8. The molecule has 0 radical (unpaired) electrons. The van der Waals surface area contributed by atoms with Crippen molar-refractivity contribution >= 4 is 11.9 Å². The number of carbonyl (C=O) groups excluding carboxylic acids is 1. The fraction of sp³-hybridized carbons (Fsp3) is 0.846. The van der Waals surface area contributed by atoms with Gasteiger partial charge in [0.2, 0.25) is 0 Å². The van der Waals surface area contributed by atoms with Gasteiger partial charge in [-0.25, -0.2) is 4.79 Å². The van der Waals surface area contributed by atoms with Gasteiger partial charge < -0.3 is 19.3 Å². The Kier molecular flexibility index (Phi) is 4.58. The minimum absolute atomic E-state index is 0.0217. The number of ether oxygens (including phenoxy) is 3. The molecule has 0 aromatic rings. The van der Waals surface area contributed by atoms with Crippen molar-refractivity contribution in [2.45, 2.75) is 71.1 Å². The Morgan fingerprint density at radius 2 is 1.89 bits per heavy atom. The molecule has 1 heterocycles.